The van der Waals surface area contributed by atoms with Crippen LogP contribution in [0.5, 0.6) is 5.88 Å². The molecule has 6 heteroatoms. The fourth-order valence-electron chi connectivity index (χ4n) is 4.57. The van der Waals surface area contributed by atoms with Crippen LogP contribution in [0.4, 0.5) is 0 Å². The second kappa shape index (κ2) is 8.62. The standard InChI is InChI=1S/C24H31N3O3/c1-3-4-10-20-25-22(28)21(24(30)27(20)16(2)17-11-12-17)23(29)26-14-13-19(15-26)18-8-6-5-7-9-18/h5-9,16-17,19,28H,3-4,10-15H2,1-2H3/t16-,19-/m0/s1. The average molecular weight is 410 g/mol. The lowest BCUT2D eigenvalue weighted by Gasteiger charge is -2.22. The quantitative estimate of drug-likeness (QED) is 0.753. The molecule has 2 aromatic rings. The number of benzene rings is 1. The number of rotatable bonds is 7. The molecule has 0 spiro atoms. The van der Waals surface area contributed by atoms with E-state index in [-0.39, 0.29) is 23.1 Å². The van der Waals surface area contributed by atoms with E-state index in [1.807, 2.05) is 25.1 Å². The second-order valence-electron chi connectivity index (χ2n) is 8.73. The van der Waals surface area contributed by atoms with Crippen LogP contribution in [0, 0.1) is 5.92 Å². The molecule has 0 bridgehead atoms. The van der Waals surface area contributed by atoms with Crippen molar-refractivity contribution in [1.29, 1.82) is 0 Å². The molecule has 2 atom stereocenters. The fraction of sp³-hybridized carbons (Fsp3) is 0.542. The van der Waals surface area contributed by atoms with Gasteiger partial charge in [0.2, 0.25) is 5.88 Å². The van der Waals surface area contributed by atoms with Crippen molar-refractivity contribution in [3.63, 3.8) is 0 Å². The predicted molar refractivity (Wildman–Crippen MR) is 116 cm³/mol. The molecule has 30 heavy (non-hydrogen) atoms. The summed E-state index contributed by atoms with van der Waals surface area (Å²) in [5.74, 6) is 0.480. The van der Waals surface area contributed by atoms with E-state index in [0.717, 1.165) is 32.1 Å². The Morgan fingerprint density at radius 1 is 1.23 bits per heavy atom. The highest BCUT2D eigenvalue weighted by Gasteiger charge is 2.35. The van der Waals surface area contributed by atoms with Crippen molar-refractivity contribution < 1.29 is 9.90 Å². The van der Waals surface area contributed by atoms with Crippen LogP contribution < -0.4 is 5.56 Å². The number of likely N-dealkylation sites (tertiary alicyclic amines) is 1. The summed E-state index contributed by atoms with van der Waals surface area (Å²) in [4.78, 5) is 32.7. The number of hydrogen-bond donors (Lipinski definition) is 1. The maximum absolute atomic E-state index is 13.4. The maximum Gasteiger partial charge on any atom is 0.270 e. The van der Waals surface area contributed by atoms with Crippen LogP contribution in [0.15, 0.2) is 35.1 Å². The smallest absolute Gasteiger partial charge is 0.270 e. The van der Waals surface area contributed by atoms with E-state index in [1.54, 1.807) is 9.47 Å². The predicted octanol–water partition coefficient (Wildman–Crippen LogP) is 3.89. The lowest BCUT2D eigenvalue weighted by atomic mass is 9.99. The Hall–Kier alpha value is -2.63. The van der Waals surface area contributed by atoms with Gasteiger partial charge in [-0.2, -0.15) is 4.98 Å². The van der Waals surface area contributed by atoms with Gasteiger partial charge in [-0.15, -0.1) is 0 Å². The van der Waals surface area contributed by atoms with E-state index < -0.39 is 11.8 Å². The van der Waals surface area contributed by atoms with Crippen LogP contribution in [-0.2, 0) is 6.42 Å². The molecule has 2 aliphatic rings. The topological polar surface area (TPSA) is 75.4 Å². The van der Waals surface area contributed by atoms with Gasteiger partial charge < -0.3 is 10.0 Å². The third kappa shape index (κ3) is 4.00. The lowest BCUT2D eigenvalue weighted by Crippen LogP contribution is -2.38. The first-order valence-corrected chi connectivity index (χ1v) is 11.2. The molecule has 1 aliphatic carbocycles. The molecule has 1 aromatic heterocycles. The molecule has 160 valence electrons. The Labute approximate surface area is 177 Å². The SMILES string of the molecule is CCCCc1nc(O)c(C(=O)N2CC[C@H](c3ccccc3)C2)c(=O)n1[C@@H](C)C1CC1. The highest BCUT2D eigenvalue weighted by Crippen LogP contribution is 2.39. The zero-order chi connectivity index (χ0) is 21.3. The van der Waals surface area contributed by atoms with E-state index in [2.05, 4.69) is 24.0 Å². The molecular formula is C24H31N3O3. The number of unbranched alkanes of at least 4 members (excludes halogenated alkanes) is 1. The summed E-state index contributed by atoms with van der Waals surface area (Å²) in [7, 11) is 0. The molecule has 1 aliphatic heterocycles. The Morgan fingerprint density at radius 3 is 2.63 bits per heavy atom. The van der Waals surface area contributed by atoms with Crippen LogP contribution in [0.25, 0.3) is 0 Å². The average Bonchev–Trinajstić information content (AvgIpc) is 3.48. The first-order chi connectivity index (χ1) is 14.5. The van der Waals surface area contributed by atoms with Gasteiger partial charge >= 0.3 is 0 Å². The summed E-state index contributed by atoms with van der Waals surface area (Å²) in [5, 5.41) is 10.6. The third-order valence-electron chi connectivity index (χ3n) is 6.60. The van der Waals surface area contributed by atoms with E-state index in [9.17, 15) is 14.7 Å². The lowest BCUT2D eigenvalue weighted by molar-refractivity contribution is 0.0783. The molecule has 1 saturated heterocycles. The molecule has 1 N–H and O–H groups in total. The van der Waals surface area contributed by atoms with E-state index in [4.69, 9.17) is 0 Å². The maximum atomic E-state index is 13.4. The minimum Gasteiger partial charge on any atom is -0.493 e. The number of aromatic hydroxyl groups is 1. The van der Waals surface area contributed by atoms with E-state index >= 15 is 0 Å². The molecular weight excluding hydrogens is 378 g/mol. The van der Waals surface area contributed by atoms with Crippen LogP contribution in [0.1, 0.15) is 79.7 Å². The monoisotopic (exact) mass is 409 g/mol. The van der Waals surface area contributed by atoms with Gasteiger partial charge in [-0.25, -0.2) is 0 Å². The van der Waals surface area contributed by atoms with Gasteiger partial charge in [-0.1, -0.05) is 43.7 Å². The Bertz CT molecular complexity index is 966. The van der Waals surface area contributed by atoms with Crippen molar-refractivity contribution in [3.05, 3.63) is 57.6 Å². The zero-order valence-electron chi connectivity index (χ0n) is 17.9. The summed E-state index contributed by atoms with van der Waals surface area (Å²) in [6.07, 6.45) is 5.53. The van der Waals surface area contributed by atoms with Crippen LogP contribution in [0.3, 0.4) is 0 Å². The van der Waals surface area contributed by atoms with Gasteiger partial charge in [-0.05, 0) is 44.1 Å². The molecule has 1 amide bonds. The molecule has 0 unspecified atom stereocenters. The molecule has 6 nitrogen and oxygen atoms in total. The first kappa shape index (κ1) is 20.6. The Morgan fingerprint density at radius 2 is 1.97 bits per heavy atom. The van der Waals surface area contributed by atoms with Crippen molar-refractivity contribution >= 4 is 5.91 Å². The summed E-state index contributed by atoms with van der Waals surface area (Å²) >= 11 is 0. The van der Waals surface area contributed by atoms with Gasteiger partial charge in [0.15, 0.2) is 5.56 Å². The fourth-order valence-corrected chi connectivity index (χ4v) is 4.57. The summed E-state index contributed by atoms with van der Waals surface area (Å²) in [5.41, 5.74) is 0.641. The minimum absolute atomic E-state index is 0.000323. The van der Waals surface area contributed by atoms with Gasteiger partial charge in [0, 0.05) is 31.5 Å². The number of amides is 1. The highest BCUT2D eigenvalue weighted by atomic mass is 16.3. The Kier molecular flexibility index (Phi) is 5.93. The zero-order valence-corrected chi connectivity index (χ0v) is 17.9. The van der Waals surface area contributed by atoms with Crippen molar-refractivity contribution in [1.82, 2.24) is 14.5 Å². The van der Waals surface area contributed by atoms with Gasteiger partial charge in [-0.3, -0.25) is 14.2 Å². The third-order valence-corrected chi connectivity index (χ3v) is 6.60. The number of carbonyl (C=O) groups is 1. The molecule has 0 radical (unpaired) electrons. The number of aromatic nitrogens is 2. The first-order valence-electron chi connectivity index (χ1n) is 11.2. The largest absolute Gasteiger partial charge is 0.493 e. The highest BCUT2D eigenvalue weighted by molar-refractivity contribution is 5.96. The van der Waals surface area contributed by atoms with Crippen molar-refractivity contribution in [2.24, 2.45) is 5.92 Å². The van der Waals surface area contributed by atoms with E-state index in [0.29, 0.717) is 31.3 Å². The van der Waals surface area contributed by atoms with Crippen LogP contribution >= 0.6 is 0 Å². The van der Waals surface area contributed by atoms with Crippen LogP contribution in [-0.4, -0.2) is 38.6 Å². The van der Waals surface area contributed by atoms with Crippen molar-refractivity contribution in [3.8, 4) is 5.88 Å². The van der Waals surface area contributed by atoms with Gasteiger partial charge in [0.05, 0.1) is 0 Å². The number of hydrogen-bond acceptors (Lipinski definition) is 4. The molecule has 2 fully saturated rings. The minimum atomic E-state index is -0.418. The number of aryl methyl sites for hydroxylation is 1. The second-order valence-corrected chi connectivity index (χ2v) is 8.73. The van der Waals surface area contributed by atoms with Crippen molar-refractivity contribution in [2.45, 2.75) is 64.3 Å². The Balaban J connectivity index is 1.64. The molecule has 2 heterocycles. The molecule has 1 saturated carbocycles. The summed E-state index contributed by atoms with van der Waals surface area (Å²) in [6.45, 7) is 5.24. The number of carbonyl (C=O) groups excluding carboxylic acids is 1. The van der Waals surface area contributed by atoms with Gasteiger partial charge in [0.1, 0.15) is 5.82 Å². The molecule has 4 rings (SSSR count). The molecule has 1 aromatic carbocycles. The summed E-state index contributed by atoms with van der Waals surface area (Å²) in [6, 6.07) is 10.1. The number of nitrogens with zero attached hydrogens (tertiary/aromatic N) is 3. The van der Waals surface area contributed by atoms with Crippen LogP contribution in [0.2, 0.25) is 0 Å². The van der Waals surface area contributed by atoms with Crippen molar-refractivity contribution in [2.75, 3.05) is 13.1 Å². The van der Waals surface area contributed by atoms with E-state index in [1.165, 1.54) is 5.56 Å². The summed E-state index contributed by atoms with van der Waals surface area (Å²) < 4.78 is 1.69. The normalized spacial score (nSPS) is 19.8. The van der Waals surface area contributed by atoms with Gasteiger partial charge in [0.25, 0.3) is 11.5 Å².